The van der Waals surface area contributed by atoms with Crippen LogP contribution >= 0.6 is 0 Å². The third-order valence-corrected chi connectivity index (χ3v) is 4.82. The molecule has 0 atom stereocenters. The molecule has 0 radical (unpaired) electrons. The Labute approximate surface area is 171 Å². The maximum atomic E-state index is 12.6. The molecular formula is C20H19N7O3. The second-order valence-corrected chi connectivity index (χ2v) is 7.17. The van der Waals surface area contributed by atoms with Crippen molar-refractivity contribution in [3.05, 3.63) is 54.2 Å². The van der Waals surface area contributed by atoms with Gasteiger partial charge in [-0.15, -0.1) is 0 Å². The van der Waals surface area contributed by atoms with Gasteiger partial charge in [0.15, 0.2) is 11.6 Å². The van der Waals surface area contributed by atoms with E-state index in [2.05, 4.69) is 20.6 Å². The van der Waals surface area contributed by atoms with Gasteiger partial charge in [-0.25, -0.2) is 14.3 Å². The van der Waals surface area contributed by atoms with Gasteiger partial charge in [0.25, 0.3) is 5.91 Å². The summed E-state index contributed by atoms with van der Waals surface area (Å²) in [6, 6.07) is 8.96. The van der Waals surface area contributed by atoms with Crippen molar-refractivity contribution >= 4 is 11.7 Å². The molecule has 0 fully saturated rings. The maximum Gasteiger partial charge on any atom is 0.256 e. The molecule has 0 aliphatic carbocycles. The van der Waals surface area contributed by atoms with Crippen molar-refractivity contribution < 1.29 is 14.1 Å². The number of rotatable bonds is 4. The predicted octanol–water partition coefficient (Wildman–Crippen LogP) is 2.89. The lowest BCUT2D eigenvalue weighted by molar-refractivity contribution is 0.102. The first-order valence-electron chi connectivity index (χ1n) is 9.58. The molecule has 0 unspecified atom stereocenters. The van der Waals surface area contributed by atoms with E-state index < -0.39 is 0 Å². The molecule has 5 rings (SSSR count). The molecule has 1 N–H and O–H groups in total. The van der Waals surface area contributed by atoms with Gasteiger partial charge in [0.05, 0.1) is 6.61 Å². The average molecular weight is 405 g/mol. The summed E-state index contributed by atoms with van der Waals surface area (Å²) >= 11 is 0. The number of carbonyl (C=O) groups excluding carboxylic acids is 1. The largest absolute Gasteiger partial charge is 0.491 e. The fourth-order valence-corrected chi connectivity index (χ4v) is 3.40. The van der Waals surface area contributed by atoms with Crippen molar-refractivity contribution in [3.63, 3.8) is 0 Å². The van der Waals surface area contributed by atoms with E-state index >= 15 is 0 Å². The number of hydrogen-bond donors (Lipinski definition) is 1. The summed E-state index contributed by atoms with van der Waals surface area (Å²) in [5.74, 6) is 1.41. The van der Waals surface area contributed by atoms with Crippen LogP contribution in [0.25, 0.3) is 17.2 Å². The van der Waals surface area contributed by atoms with Gasteiger partial charge in [0.1, 0.15) is 29.7 Å². The van der Waals surface area contributed by atoms with E-state index in [1.807, 2.05) is 29.3 Å². The summed E-state index contributed by atoms with van der Waals surface area (Å²) in [4.78, 5) is 17.0. The first-order chi connectivity index (χ1) is 14.6. The zero-order valence-corrected chi connectivity index (χ0v) is 16.4. The van der Waals surface area contributed by atoms with E-state index in [-0.39, 0.29) is 11.9 Å². The Morgan fingerprint density at radius 1 is 1.23 bits per heavy atom. The second kappa shape index (κ2) is 7.14. The average Bonchev–Trinajstić information content (AvgIpc) is 3.47. The minimum absolute atomic E-state index is 0.159. The van der Waals surface area contributed by atoms with Gasteiger partial charge in [0, 0.05) is 29.8 Å². The second-order valence-electron chi connectivity index (χ2n) is 7.17. The van der Waals surface area contributed by atoms with Crippen molar-refractivity contribution in [3.8, 4) is 23.0 Å². The van der Waals surface area contributed by atoms with Crippen molar-refractivity contribution in [2.45, 2.75) is 26.3 Å². The number of amides is 1. The van der Waals surface area contributed by atoms with Crippen LogP contribution in [-0.2, 0) is 6.42 Å². The highest BCUT2D eigenvalue weighted by Gasteiger charge is 2.22. The fraction of sp³-hybridized carbons (Fsp3) is 0.250. The molecule has 3 aromatic heterocycles. The number of nitrogens with zero attached hydrogens (tertiary/aromatic N) is 6. The highest BCUT2D eigenvalue weighted by molar-refractivity contribution is 6.04. The summed E-state index contributed by atoms with van der Waals surface area (Å²) in [7, 11) is 0. The minimum atomic E-state index is -0.301. The SMILES string of the molecule is CC(C)n1ncnc1-c1cc2n(n1)-c1cc(C(=O)Nc3ccon3)ccc1OCC2. The molecule has 1 aliphatic rings. The van der Waals surface area contributed by atoms with E-state index in [9.17, 15) is 4.79 Å². The molecule has 1 aliphatic heterocycles. The van der Waals surface area contributed by atoms with Crippen LogP contribution in [0.3, 0.4) is 0 Å². The van der Waals surface area contributed by atoms with Crippen molar-refractivity contribution in [2.24, 2.45) is 0 Å². The van der Waals surface area contributed by atoms with E-state index in [4.69, 9.17) is 14.4 Å². The molecule has 0 saturated carbocycles. The van der Waals surface area contributed by atoms with Crippen molar-refractivity contribution in [1.82, 2.24) is 29.7 Å². The topological polar surface area (TPSA) is 113 Å². The molecule has 1 aromatic carbocycles. The molecule has 10 nitrogen and oxygen atoms in total. The van der Waals surface area contributed by atoms with Crippen LogP contribution in [0.2, 0.25) is 0 Å². The lowest BCUT2D eigenvalue weighted by Gasteiger charge is -2.11. The molecular weight excluding hydrogens is 386 g/mol. The van der Waals surface area contributed by atoms with Crippen LogP contribution in [0, 0.1) is 0 Å². The Morgan fingerprint density at radius 3 is 2.93 bits per heavy atom. The number of ether oxygens (including phenoxy) is 1. The Hall–Kier alpha value is -3.95. The first-order valence-corrected chi connectivity index (χ1v) is 9.58. The molecule has 0 bridgehead atoms. The van der Waals surface area contributed by atoms with Crippen LogP contribution in [-0.4, -0.2) is 42.2 Å². The number of fused-ring (bicyclic) bond motifs is 3. The zero-order valence-electron chi connectivity index (χ0n) is 16.4. The van der Waals surface area contributed by atoms with E-state index in [0.717, 1.165) is 11.4 Å². The van der Waals surface area contributed by atoms with E-state index in [1.54, 1.807) is 24.3 Å². The van der Waals surface area contributed by atoms with Crippen LogP contribution in [0.4, 0.5) is 5.82 Å². The lowest BCUT2D eigenvalue weighted by Crippen LogP contribution is -2.13. The lowest BCUT2D eigenvalue weighted by atomic mass is 10.1. The predicted molar refractivity (Wildman–Crippen MR) is 107 cm³/mol. The Morgan fingerprint density at radius 2 is 2.13 bits per heavy atom. The van der Waals surface area contributed by atoms with Gasteiger partial charge in [-0.05, 0) is 38.1 Å². The quantitative estimate of drug-likeness (QED) is 0.555. The Kier molecular flexibility index (Phi) is 4.31. The van der Waals surface area contributed by atoms with Gasteiger partial charge in [-0.3, -0.25) is 4.79 Å². The molecule has 4 aromatic rings. The summed E-state index contributed by atoms with van der Waals surface area (Å²) in [6.07, 6.45) is 3.61. The van der Waals surface area contributed by atoms with Gasteiger partial charge in [-0.1, -0.05) is 5.16 Å². The highest BCUT2D eigenvalue weighted by Crippen LogP contribution is 2.31. The zero-order chi connectivity index (χ0) is 20.7. The molecule has 4 heterocycles. The summed E-state index contributed by atoms with van der Waals surface area (Å²) in [5.41, 5.74) is 2.84. The maximum absolute atomic E-state index is 12.6. The van der Waals surface area contributed by atoms with Gasteiger partial charge in [0.2, 0.25) is 0 Å². The number of benzene rings is 1. The standard InChI is InChI=1S/C20H19N7O3/c1-12(2)26-19(21-11-22-26)15-10-14-5-7-29-17-4-3-13(9-16(17)27(14)24-15)20(28)23-18-6-8-30-25-18/h3-4,6,8-12H,5,7H2,1-2H3,(H,23,25,28). The molecule has 30 heavy (non-hydrogen) atoms. The fourth-order valence-electron chi connectivity index (χ4n) is 3.40. The van der Waals surface area contributed by atoms with Gasteiger partial charge < -0.3 is 14.6 Å². The normalized spacial score (nSPS) is 12.8. The molecule has 0 saturated heterocycles. The number of nitrogens with one attached hydrogen (secondary N) is 1. The number of carbonyl (C=O) groups is 1. The Bertz CT molecular complexity index is 1210. The molecule has 1 amide bonds. The van der Waals surface area contributed by atoms with Gasteiger partial charge in [-0.2, -0.15) is 10.2 Å². The van der Waals surface area contributed by atoms with E-state index in [0.29, 0.717) is 41.7 Å². The molecule has 10 heteroatoms. The van der Waals surface area contributed by atoms with Crippen molar-refractivity contribution in [1.29, 1.82) is 0 Å². The first kappa shape index (κ1) is 18.1. The summed E-state index contributed by atoms with van der Waals surface area (Å²) in [5, 5.41) is 15.5. The molecule has 152 valence electrons. The number of hydrogen-bond acceptors (Lipinski definition) is 7. The van der Waals surface area contributed by atoms with Crippen LogP contribution in [0.5, 0.6) is 5.75 Å². The van der Waals surface area contributed by atoms with Crippen molar-refractivity contribution in [2.75, 3.05) is 11.9 Å². The number of anilines is 1. The van der Waals surface area contributed by atoms with Crippen LogP contribution in [0.15, 0.2) is 47.4 Å². The van der Waals surface area contributed by atoms with Gasteiger partial charge >= 0.3 is 0 Å². The number of aromatic nitrogens is 6. The van der Waals surface area contributed by atoms with Crippen LogP contribution in [0.1, 0.15) is 35.9 Å². The highest BCUT2D eigenvalue weighted by atomic mass is 16.5. The smallest absolute Gasteiger partial charge is 0.256 e. The third-order valence-electron chi connectivity index (χ3n) is 4.82. The summed E-state index contributed by atoms with van der Waals surface area (Å²) < 4.78 is 14.3. The van der Waals surface area contributed by atoms with E-state index in [1.165, 1.54) is 12.6 Å². The van der Waals surface area contributed by atoms with Crippen LogP contribution < -0.4 is 10.1 Å². The Balaban J connectivity index is 1.55. The summed E-state index contributed by atoms with van der Waals surface area (Å²) in [6.45, 7) is 4.60. The molecule has 0 spiro atoms. The third kappa shape index (κ3) is 3.11. The minimum Gasteiger partial charge on any atom is -0.491 e. The monoisotopic (exact) mass is 405 g/mol.